The summed E-state index contributed by atoms with van der Waals surface area (Å²) in [5, 5.41) is -0.114. The molecule has 1 saturated heterocycles. The Morgan fingerprint density at radius 2 is 2.27 bits per heavy atom. The lowest BCUT2D eigenvalue weighted by atomic mass is 10.4. The second-order valence-corrected chi connectivity index (χ2v) is 3.55. The van der Waals surface area contributed by atoms with Crippen molar-refractivity contribution < 1.29 is 9.59 Å². The van der Waals surface area contributed by atoms with Crippen molar-refractivity contribution in [3.8, 4) is 0 Å². The summed E-state index contributed by atoms with van der Waals surface area (Å²) in [7, 11) is 0. The van der Waals surface area contributed by atoms with Crippen LogP contribution in [0.3, 0.4) is 0 Å². The van der Waals surface area contributed by atoms with E-state index in [0.717, 1.165) is 18.2 Å². The van der Waals surface area contributed by atoms with Crippen LogP contribution in [0.15, 0.2) is 0 Å². The van der Waals surface area contributed by atoms with Gasteiger partial charge in [-0.3, -0.25) is 14.5 Å². The van der Waals surface area contributed by atoms with Gasteiger partial charge in [0.1, 0.15) is 0 Å². The second-order valence-electron chi connectivity index (χ2n) is 2.18. The molecule has 0 saturated carbocycles. The van der Waals surface area contributed by atoms with Crippen molar-refractivity contribution in [1.29, 1.82) is 0 Å². The highest BCUT2D eigenvalue weighted by Crippen LogP contribution is 2.18. The zero-order valence-electron chi connectivity index (χ0n) is 5.95. The molecule has 0 bridgehead atoms. The standard InChI is InChI=1S/C6H9NO2S2/c8-5-4-11-6(9)7(5)2-1-3-10/h10H,1-4H2. The Morgan fingerprint density at radius 1 is 1.55 bits per heavy atom. The molecule has 0 aliphatic carbocycles. The summed E-state index contributed by atoms with van der Waals surface area (Å²) in [6, 6.07) is 0. The molecule has 0 N–H and O–H groups in total. The molecular formula is C6H9NO2S2. The Kier molecular flexibility index (Phi) is 3.26. The van der Waals surface area contributed by atoms with E-state index in [4.69, 9.17) is 0 Å². The number of amides is 2. The summed E-state index contributed by atoms with van der Waals surface area (Å²) >= 11 is 5.07. The molecule has 62 valence electrons. The van der Waals surface area contributed by atoms with Gasteiger partial charge in [-0.15, -0.1) is 0 Å². The highest BCUT2D eigenvalue weighted by Gasteiger charge is 2.28. The minimum absolute atomic E-state index is 0.0678. The van der Waals surface area contributed by atoms with Crippen LogP contribution < -0.4 is 0 Å². The van der Waals surface area contributed by atoms with Gasteiger partial charge in [0, 0.05) is 6.54 Å². The Balaban J connectivity index is 2.41. The number of nitrogens with zero attached hydrogens (tertiary/aromatic N) is 1. The number of imide groups is 1. The minimum Gasteiger partial charge on any atom is -0.273 e. The molecule has 0 unspecified atom stereocenters. The molecule has 2 amide bonds. The predicted octanol–water partition coefficient (Wildman–Crippen LogP) is 1.00. The molecule has 0 aromatic carbocycles. The van der Waals surface area contributed by atoms with Crippen LogP contribution in [0.1, 0.15) is 6.42 Å². The first-order valence-corrected chi connectivity index (χ1v) is 4.95. The maximum atomic E-state index is 10.9. The van der Waals surface area contributed by atoms with Gasteiger partial charge < -0.3 is 0 Å². The minimum atomic E-state index is -0.114. The first-order chi connectivity index (χ1) is 5.25. The quantitative estimate of drug-likeness (QED) is 0.676. The molecule has 1 aliphatic heterocycles. The van der Waals surface area contributed by atoms with Crippen molar-refractivity contribution in [1.82, 2.24) is 4.90 Å². The van der Waals surface area contributed by atoms with E-state index in [1.165, 1.54) is 4.90 Å². The third-order valence-corrected chi connectivity index (χ3v) is 2.56. The van der Waals surface area contributed by atoms with E-state index in [1.807, 2.05) is 0 Å². The molecule has 1 aliphatic rings. The summed E-state index contributed by atoms with van der Waals surface area (Å²) in [5.41, 5.74) is 0. The topological polar surface area (TPSA) is 37.4 Å². The smallest absolute Gasteiger partial charge is 0.273 e. The summed E-state index contributed by atoms with van der Waals surface area (Å²) in [6.07, 6.45) is 0.779. The third kappa shape index (κ3) is 2.13. The largest absolute Gasteiger partial charge is 0.288 e. The molecule has 3 nitrogen and oxygen atoms in total. The van der Waals surface area contributed by atoms with Gasteiger partial charge in [0.05, 0.1) is 5.75 Å². The number of hydrogen-bond donors (Lipinski definition) is 1. The van der Waals surface area contributed by atoms with Crippen LogP contribution in [0, 0.1) is 0 Å². The van der Waals surface area contributed by atoms with Crippen molar-refractivity contribution >= 4 is 35.5 Å². The Hall–Kier alpha value is -0.160. The maximum absolute atomic E-state index is 10.9. The van der Waals surface area contributed by atoms with Gasteiger partial charge in [0.2, 0.25) is 5.91 Å². The Bertz CT molecular complexity index is 167. The first kappa shape index (κ1) is 8.93. The lowest BCUT2D eigenvalue weighted by Gasteiger charge is -2.10. The highest BCUT2D eigenvalue weighted by molar-refractivity contribution is 8.14. The number of rotatable bonds is 3. The third-order valence-electron chi connectivity index (χ3n) is 1.38. The highest BCUT2D eigenvalue weighted by atomic mass is 32.2. The van der Waals surface area contributed by atoms with Crippen LogP contribution in [0.2, 0.25) is 0 Å². The van der Waals surface area contributed by atoms with E-state index in [1.54, 1.807) is 0 Å². The van der Waals surface area contributed by atoms with Crippen molar-refractivity contribution in [3.05, 3.63) is 0 Å². The first-order valence-electron chi connectivity index (χ1n) is 3.33. The zero-order chi connectivity index (χ0) is 8.27. The van der Waals surface area contributed by atoms with Crippen LogP contribution in [-0.4, -0.2) is 34.1 Å². The summed E-state index contributed by atoms with van der Waals surface area (Å²) < 4.78 is 0. The number of hydrogen-bond acceptors (Lipinski definition) is 4. The van der Waals surface area contributed by atoms with Crippen LogP contribution in [0.25, 0.3) is 0 Å². The van der Waals surface area contributed by atoms with E-state index < -0.39 is 0 Å². The van der Waals surface area contributed by atoms with Gasteiger partial charge in [-0.05, 0) is 12.2 Å². The lowest BCUT2D eigenvalue weighted by molar-refractivity contribution is -0.124. The second kappa shape index (κ2) is 4.01. The molecule has 11 heavy (non-hydrogen) atoms. The number of carbonyl (C=O) groups excluding carboxylic acids is 2. The molecular weight excluding hydrogens is 182 g/mol. The molecule has 0 radical (unpaired) electrons. The zero-order valence-corrected chi connectivity index (χ0v) is 7.66. The maximum Gasteiger partial charge on any atom is 0.288 e. The van der Waals surface area contributed by atoms with Gasteiger partial charge in [0.15, 0.2) is 0 Å². The van der Waals surface area contributed by atoms with Crippen LogP contribution >= 0.6 is 24.4 Å². The lowest BCUT2D eigenvalue weighted by Crippen LogP contribution is -2.29. The normalized spacial score (nSPS) is 18.1. The van der Waals surface area contributed by atoms with E-state index in [2.05, 4.69) is 12.6 Å². The van der Waals surface area contributed by atoms with Gasteiger partial charge in [-0.25, -0.2) is 0 Å². The average molecular weight is 191 g/mol. The summed E-state index contributed by atoms with van der Waals surface area (Å²) in [4.78, 5) is 23.2. The fraction of sp³-hybridized carbons (Fsp3) is 0.667. The van der Waals surface area contributed by atoms with Gasteiger partial charge in [-0.2, -0.15) is 12.6 Å². The van der Waals surface area contributed by atoms with Gasteiger partial charge in [0.25, 0.3) is 5.24 Å². The molecule has 0 aromatic heterocycles. The Labute approximate surface area is 74.9 Å². The van der Waals surface area contributed by atoms with Crippen molar-refractivity contribution in [2.45, 2.75) is 6.42 Å². The molecule has 1 rings (SSSR count). The molecule has 0 atom stereocenters. The van der Waals surface area contributed by atoms with E-state index >= 15 is 0 Å². The molecule has 5 heteroatoms. The molecule has 1 fully saturated rings. The monoisotopic (exact) mass is 191 g/mol. The van der Waals surface area contributed by atoms with Crippen LogP contribution in [0.5, 0.6) is 0 Å². The molecule has 0 spiro atoms. The SMILES string of the molecule is O=C1CSC(=O)N1CCCS. The summed E-state index contributed by atoms with van der Waals surface area (Å²) in [6.45, 7) is 0.522. The van der Waals surface area contributed by atoms with E-state index in [-0.39, 0.29) is 11.1 Å². The number of thiol groups is 1. The Morgan fingerprint density at radius 3 is 2.73 bits per heavy atom. The molecule has 0 aromatic rings. The van der Waals surface area contributed by atoms with Gasteiger partial charge in [-0.1, -0.05) is 11.8 Å². The molecule has 1 heterocycles. The van der Waals surface area contributed by atoms with Gasteiger partial charge >= 0.3 is 0 Å². The van der Waals surface area contributed by atoms with Crippen molar-refractivity contribution in [3.63, 3.8) is 0 Å². The average Bonchev–Trinajstić information content (AvgIpc) is 2.29. The fourth-order valence-corrected chi connectivity index (χ4v) is 1.72. The number of thioether (sulfide) groups is 1. The van der Waals surface area contributed by atoms with Crippen LogP contribution in [0.4, 0.5) is 4.79 Å². The fourth-order valence-electron chi connectivity index (χ4n) is 0.826. The van der Waals surface area contributed by atoms with E-state index in [0.29, 0.717) is 18.1 Å². The number of carbonyl (C=O) groups is 2. The van der Waals surface area contributed by atoms with Crippen molar-refractivity contribution in [2.75, 3.05) is 18.1 Å². The van der Waals surface area contributed by atoms with E-state index in [9.17, 15) is 9.59 Å². The van der Waals surface area contributed by atoms with Crippen LogP contribution in [-0.2, 0) is 4.79 Å². The summed E-state index contributed by atoms with van der Waals surface area (Å²) in [5.74, 6) is 0.953. The predicted molar refractivity (Wildman–Crippen MR) is 48.0 cm³/mol. The van der Waals surface area contributed by atoms with Crippen molar-refractivity contribution in [2.24, 2.45) is 0 Å².